The van der Waals surface area contributed by atoms with Crippen LogP contribution >= 0.6 is 0 Å². The van der Waals surface area contributed by atoms with E-state index in [0.717, 1.165) is 5.56 Å². The van der Waals surface area contributed by atoms with Gasteiger partial charge in [0.05, 0.1) is 6.29 Å². The zero-order valence-corrected chi connectivity index (χ0v) is 6.91. The molecule has 0 N–H and O–H groups in total. The van der Waals surface area contributed by atoms with E-state index < -0.39 is 0 Å². The maximum absolute atomic E-state index is 10.3. The van der Waals surface area contributed by atoms with Gasteiger partial charge in [0.1, 0.15) is 0 Å². The first-order valence-electron chi connectivity index (χ1n) is 3.73. The molecule has 0 unspecified atom stereocenters. The lowest BCUT2D eigenvalue weighted by Crippen LogP contribution is -1.93. The monoisotopic (exact) mass is 162 g/mol. The van der Waals surface area contributed by atoms with Crippen molar-refractivity contribution in [2.75, 3.05) is 0 Å². The lowest BCUT2D eigenvalue weighted by molar-refractivity contribution is -0.146. The van der Waals surface area contributed by atoms with Gasteiger partial charge in [0.15, 0.2) is 0 Å². The Kier molecular flexibility index (Phi) is 3.20. The molecule has 0 aromatic heterocycles. The van der Waals surface area contributed by atoms with Gasteiger partial charge in [0, 0.05) is 6.92 Å². The van der Waals surface area contributed by atoms with Crippen molar-refractivity contribution in [2.45, 2.75) is 13.3 Å². The van der Waals surface area contributed by atoms with Gasteiger partial charge in [-0.3, -0.25) is 0 Å². The number of rotatable bonds is 2. The predicted octanol–water partition coefficient (Wildman–Crippen LogP) is 1.42. The molecule has 1 aromatic rings. The quantitative estimate of drug-likeness (QED) is 0.477. The van der Waals surface area contributed by atoms with Crippen LogP contribution in [0.15, 0.2) is 30.3 Å². The summed E-state index contributed by atoms with van der Waals surface area (Å²) in [4.78, 5) is 10.3. The highest BCUT2D eigenvalue weighted by atomic mass is 16.4. The summed E-state index contributed by atoms with van der Waals surface area (Å²) >= 11 is 0. The van der Waals surface area contributed by atoms with Gasteiger partial charge in [-0.1, -0.05) is 40.7 Å². The van der Waals surface area contributed by atoms with E-state index in [1.54, 1.807) is 0 Å². The van der Waals surface area contributed by atoms with Gasteiger partial charge in [-0.15, -0.1) is 0 Å². The third-order valence-electron chi connectivity index (χ3n) is 1.34. The van der Waals surface area contributed by atoms with Crippen LogP contribution in [-0.4, -0.2) is 12.3 Å². The number of benzene rings is 1. The third kappa shape index (κ3) is 3.10. The normalized spacial score (nSPS) is 10.4. The maximum Gasteiger partial charge on any atom is 0.422 e. The van der Waals surface area contributed by atoms with E-state index in [4.69, 9.17) is 0 Å². The summed E-state index contributed by atoms with van der Waals surface area (Å²) in [6.45, 7) is 1.36. The van der Waals surface area contributed by atoms with Crippen molar-refractivity contribution in [3.05, 3.63) is 35.9 Å². The summed E-state index contributed by atoms with van der Waals surface area (Å²) in [6.07, 6.45) is 3.09. The molecule has 1 rings (SSSR count). The van der Waals surface area contributed by atoms with E-state index in [1.807, 2.05) is 30.3 Å². The molecule has 0 aliphatic rings. The smallest absolute Gasteiger partial charge is 0.422 e. The summed E-state index contributed by atoms with van der Waals surface area (Å²) in [5.74, 6) is -0.328. The van der Waals surface area contributed by atoms with E-state index in [2.05, 4.69) is 10.7 Å². The molecule has 0 bridgehead atoms. The molecule has 0 saturated carbocycles. The molecule has 0 aliphatic heterocycles. The zero-order chi connectivity index (χ0) is 8.81. The Balaban J connectivity index is 2.49. The Hall–Kier alpha value is -1.44. The van der Waals surface area contributed by atoms with E-state index in [1.165, 1.54) is 6.92 Å². The first-order chi connectivity index (χ1) is 5.79. The molecule has 2 nitrogen and oxygen atoms in total. The van der Waals surface area contributed by atoms with Crippen molar-refractivity contribution in [2.24, 2.45) is 0 Å². The fourth-order valence-electron chi connectivity index (χ4n) is 0.817. The highest BCUT2D eigenvalue weighted by molar-refractivity contribution is 5.71. The third-order valence-corrected chi connectivity index (χ3v) is 1.34. The Bertz CT molecular complexity index is 275. The van der Waals surface area contributed by atoms with Crippen molar-refractivity contribution < 1.29 is 9.22 Å². The maximum atomic E-state index is 10.3. The van der Waals surface area contributed by atoms with Crippen molar-refractivity contribution in [1.82, 2.24) is 0 Å². The first-order valence-corrected chi connectivity index (χ1v) is 3.73. The van der Waals surface area contributed by atoms with Crippen LogP contribution in [0.2, 0.25) is 0 Å². The van der Waals surface area contributed by atoms with E-state index in [0.29, 0.717) is 6.42 Å². The standard InChI is InChI=1S/C10H10O2/c1-9(11)12-8-7-10-5-3-2-4-6-10/h2-6H,7H2,1H3. The lowest BCUT2D eigenvalue weighted by atomic mass is 10.2. The Morgan fingerprint density at radius 3 is 2.67 bits per heavy atom. The summed E-state index contributed by atoms with van der Waals surface area (Å²) in [6, 6.07) is 9.72. The SMILES string of the molecule is CC(=O)[O+]=[C-]Cc1ccccc1. The van der Waals surface area contributed by atoms with Crippen LogP contribution in [0.3, 0.4) is 0 Å². The molecule has 1 aromatic carbocycles. The summed E-state index contributed by atoms with van der Waals surface area (Å²) in [7, 11) is 0. The Morgan fingerprint density at radius 2 is 2.08 bits per heavy atom. The Morgan fingerprint density at radius 1 is 1.42 bits per heavy atom. The largest absolute Gasteiger partial charge is 0.467 e. The average molecular weight is 162 g/mol. The molecule has 0 radical (unpaired) electrons. The van der Waals surface area contributed by atoms with Gasteiger partial charge in [0.25, 0.3) is 0 Å². The van der Waals surface area contributed by atoms with Gasteiger partial charge < -0.3 is 4.42 Å². The van der Waals surface area contributed by atoms with Crippen LogP contribution in [-0.2, 0) is 15.6 Å². The number of hydrogen-bond donors (Lipinski definition) is 0. The molecule has 62 valence electrons. The average Bonchev–Trinajstić information content (AvgIpc) is 2.05. The second-order valence-electron chi connectivity index (χ2n) is 2.40. The second-order valence-corrected chi connectivity index (χ2v) is 2.40. The van der Waals surface area contributed by atoms with Gasteiger partial charge >= 0.3 is 5.97 Å². The molecular formula is C10H10O2. The predicted molar refractivity (Wildman–Crippen MR) is 46.5 cm³/mol. The number of hydrogen-bond acceptors (Lipinski definition) is 1. The van der Waals surface area contributed by atoms with Crippen LogP contribution in [0.1, 0.15) is 12.5 Å². The zero-order valence-electron chi connectivity index (χ0n) is 6.91. The number of carbonyl (C=O) groups is 1. The minimum absolute atomic E-state index is 0.328. The lowest BCUT2D eigenvalue weighted by Gasteiger charge is -1.93. The van der Waals surface area contributed by atoms with Gasteiger partial charge in [-0.05, 0) is 6.42 Å². The minimum atomic E-state index is -0.328. The highest BCUT2D eigenvalue weighted by Gasteiger charge is 1.87. The molecule has 0 aliphatic carbocycles. The van der Waals surface area contributed by atoms with Crippen LogP contribution in [0.4, 0.5) is 0 Å². The minimum Gasteiger partial charge on any atom is -0.467 e. The fraction of sp³-hybridized carbons (Fsp3) is 0.200. The topological polar surface area (TPSA) is 28.4 Å². The van der Waals surface area contributed by atoms with Gasteiger partial charge in [-0.25, -0.2) is 0 Å². The van der Waals surface area contributed by atoms with Crippen LogP contribution in [0.5, 0.6) is 0 Å². The molecule has 0 atom stereocenters. The molecule has 0 spiro atoms. The van der Waals surface area contributed by atoms with Crippen LogP contribution in [0, 0.1) is 0 Å². The fourth-order valence-corrected chi connectivity index (χ4v) is 0.817. The van der Waals surface area contributed by atoms with Crippen LogP contribution < -0.4 is 0 Å². The molecule has 12 heavy (non-hydrogen) atoms. The van der Waals surface area contributed by atoms with Crippen LogP contribution in [0.25, 0.3) is 0 Å². The first kappa shape index (κ1) is 8.65. The molecule has 0 amide bonds. The van der Waals surface area contributed by atoms with Gasteiger partial charge in [0.2, 0.25) is 0 Å². The summed E-state index contributed by atoms with van der Waals surface area (Å²) in [5.41, 5.74) is 1.08. The molecular weight excluding hydrogens is 152 g/mol. The molecule has 0 saturated heterocycles. The van der Waals surface area contributed by atoms with Gasteiger partial charge in [-0.2, -0.15) is 0 Å². The summed E-state index contributed by atoms with van der Waals surface area (Å²) in [5, 5.41) is 0. The second kappa shape index (κ2) is 4.44. The summed E-state index contributed by atoms with van der Waals surface area (Å²) < 4.78 is 4.56. The molecule has 0 fully saturated rings. The van der Waals surface area contributed by atoms with Crippen molar-refractivity contribution in [3.63, 3.8) is 0 Å². The Labute approximate surface area is 71.5 Å². The van der Waals surface area contributed by atoms with E-state index >= 15 is 0 Å². The molecule has 2 heteroatoms. The van der Waals surface area contributed by atoms with E-state index in [9.17, 15) is 4.79 Å². The van der Waals surface area contributed by atoms with Crippen molar-refractivity contribution in [1.29, 1.82) is 0 Å². The molecule has 0 heterocycles. The van der Waals surface area contributed by atoms with Crippen molar-refractivity contribution >= 4 is 12.3 Å². The number of carbonyl (C=O) groups excluding carboxylic acids is 2. The van der Waals surface area contributed by atoms with E-state index in [-0.39, 0.29) is 5.97 Å². The highest BCUT2D eigenvalue weighted by Crippen LogP contribution is 1.96. The van der Waals surface area contributed by atoms with Crippen molar-refractivity contribution in [3.8, 4) is 0 Å².